The number of amides is 1. The number of halogens is 1. The summed E-state index contributed by atoms with van der Waals surface area (Å²) in [5.74, 6) is -0.106. The van der Waals surface area contributed by atoms with Crippen LogP contribution in [0.1, 0.15) is 27.7 Å². The first-order valence-electron chi connectivity index (χ1n) is 7.47. The summed E-state index contributed by atoms with van der Waals surface area (Å²) in [6, 6.07) is 9.66. The van der Waals surface area contributed by atoms with Gasteiger partial charge in [-0.3, -0.25) is 9.69 Å². The van der Waals surface area contributed by atoms with Gasteiger partial charge in [0, 0.05) is 30.6 Å². The van der Waals surface area contributed by atoms with E-state index in [1.54, 1.807) is 12.1 Å². The summed E-state index contributed by atoms with van der Waals surface area (Å²) in [6.07, 6.45) is 1.11. The van der Waals surface area contributed by atoms with Gasteiger partial charge in [0.2, 0.25) is 0 Å². The van der Waals surface area contributed by atoms with Crippen LogP contribution in [0.3, 0.4) is 0 Å². The van der Waals surface area contributed by atoms with Crippen molar-refractivity contribution < 1.29 is 4.79 Å². The molecule has 1 unspecified atom stereocenters. The molecule has 0 bridgehead atoms. The third-order valence-corrected chi connectivity index (χ3v) is 5.49. The van der Waals surface area contributed by atoms with E-state index in [-0.39, 0.29) is 5.91 Å². The summed E-state index contributed by atoms with van der Waals surface area (Å²) in [6.45, 7) is 4.81. The lowest BCUT2D eigenvalue weighted by molar-refractivity contribution is 0.0933. The average molecular weight is 335 g/mol. The zero-order chi connectivity index (χ0) is 15.5. The van der Waals surface area contributed by atoms with Crippen molar-refractivity contribution in [3.8, 4) is 0 Å². The second-order valence-corrected chi connectivity index (χ2v) is 7.04. The third-order valence-electron chi connectivity index (χ3n) is 4.14. The van der Waals surface area contributed by atoms with E-state index in [9.17, 15) is 4.79 Å². The van der Waals surface area contributed by atoms with Crippen LogP contribution in [0, 0.1) is 0 Å². The van der Waals surface area contributed by atoms with Crippen molar-refractivity contribution in [2.75, 3.05) is 13.1 Å². The Morgan fingerprint density at radius 3 is 3.05 bits per heavy atom. The minimum absolute atomic E-state index is 0.106. The van der Waals surface area contributed by atoms with Crippen LogP contribution in [0.2, 0.25) is 5.02 Å². The molecule has 1 aromatic heterocycles. The normalized spacial score (nSPS) is 16.1. The van der Waals surface area contributed by atoms with Crippen molar-refractivity contribution in [1.29, 1.82) is 0 Å². The van der Waals surface area contributed by atoms with Crippen LogP contribution >= 0.6 is 22.9 Å². The lowest BCUT2D eigenvalue weighted by Gasteiger charge is -2.32. The second-order valence-electron chi connectivity index (χ2n) is 5.63. The van der Waals surface area contributed by atoms with Crippen LogP contribution in [0.5, 0.6) is 0 Å². The maximum absolute atomic E-state index is 12.2. The Labute approximate surface area is 139 Å². The van der Waals surface area contributed by atoms with Crippen molar-refractivity contribution in [3.63, 3.8) is 0 Å². The highest BCUT2D eigenvalue weighted by Crippen LogP contribution is 2.25. The molecule has 1 aliphatic heterocycles. The SMILES string of the molecule is CC(CNC(=O)c1ccccc1Cl)N1CCc2sccc2C1. The molecule has 2 heterocycles. The van der Waals surface area contributed by atoms with Crippen LogP contribution in [-0.2, 0) is 13.0 Å². The first kappa shape index (κ1) is 15.5. The molecule has 1 N–H and O–H groups in total. The topological polar surface area (TPSA) is 32.3 Å². The largest absolute Gasteiger partial charge is 0.350 e. The minimum Gasteiger partial charge on any atom is -0.350 e. The summed E-state index contributed by atoms with van der Waals surface area (Å²) < 4.78 is 0. The fraction of sp³-hybridized carbons (Fsp3) is 0.353. The van der Waals surface area contributed by atoms with Crippen LogP contribution in [0.15, 0.2) is 35.7 Å². The third kappa shape index (κ3) is 3.35. The average Bonchev–Trinajstić information content (AvgIpc) is 3.00. The molecular formula is C17H19ClN2OS. The molecule has 2 aromatic rings. The smallest absolute Gasteiger partial charge is 0.252 e. The molecule has 0 fully saturated rings. The highest BCUT2D eigenvalue weighted by atomic mass is 35.5. The molecule has 1 amide bonds. The number of thiophene rings is 1. The fourth-order valence-electron chi connectivity index (χ4n) is 2.76. The molecule has 116 valence electrons. The van der Waals surface area contributed by atoms with Gasteiger partial charge in [0.15, 0.2) is 0 Å². The van der Waals surface area contributed by atoms with Crippen LogP contribution < -0.4 is 5.32 Å². The predicted octanol–water partition coefficient (Wildman–Crippen LogP) is 3.58. The minimum atomic E-state index is -0.106. The first-order chi connectivity index (χ1) is 10.6. The van der Waals surface area contributed by atoms with Gasteiger partial charge in [-0.1, -0.05) is 23.7 Å². The van der Waals surface area contributed by atoms with E-state index >= 15 is 0 Å². The van der Waals surface area contributed by atoms with Crippen molar-refractivity contribution in [2.24, 2.45) is 0 Å². The van der Waals surface area contributed by atoms with E-state index in [0.717, 1.165) is 19.5 Å². The van der Waals surface area contributed by atoms with Crippen molar-refractivity contribution in [1.82, 2.24) is 10.2 Å². The van der Waals surface area contributed by atoms with Crippen molar-refractivity contribution in [3.05, 3.63) is 56.7 Å². The summed E-state index contributed by atoms with van der Waals surface area (Å²) in [5, 5.41) is 5.65. The number of hydrogen-bond acceptors (Lipinski definition) is 3. The Bertz CT molecular complexity index is 670. The summed E-state index contributed by atoms with van der Waals surface area (Å²) in [4.78, 5) is 16.1. The molecule has 1 aromatic carbocycles. The van der Waals surface area contributed by atoms with Gasteiger partial charge < -0.3 is 5.32 Å². The number of carbonyl (C=O) groups excluding carboxylic acids is 1. The van der Waals surface area contributed by atoms with Gasteiger partial charge in [0.1, 0.15) is 0 Å². The van der Waals surface area contributed by atoms with E-state index in [4.69, 9.17) is 11.6 Å². The fourth-order valence-corrected chi connectivity index (χ4v) is 3.87. The molecule has 0 spiro atoms. The number of rotatable bonds is 4. The first-order valence-corrected chi connectivity index (χ1v) is 8.73. The molecule has 1 atom stereocenters. The maximum atomic E-state index is 12.2. The zero-order valence-electron chi connectivity index (χ0n) is 12.5. The Morgan fingerprint density at radius 1 is 1.41 bits per heavy atom. The Morgan fingerprint density at radius 2 is 2.23 bits per heavy atom. The number of benzene rings is 1. The molecule has 1 aliphatic rings. The number of fused-ring (bicyclic) bond motifs is 1. The molecule has 0 saturated carbocycles. The summed E-state index contributed by atoms with van der Waals surface area (Å²) >= 11 is 7.90. The quantitative estimate of drug-likeness (QED) is 0.927. The number of nitrogens with one attached hydrogen (secondary N) is 1. The molecule has 0 saturated heterocycles. The zero-order valence-corrected chi connectivity index (χ0v) is 14.1. The van der Waals surface area contributed by atoms with Gasteiger partial charge in [-0.05, 0) is 42.5 Å². The van der Waals surface area contributed by atoms with Crippen LogP contribution in [-0.4, -0.2) is 29.9 Å². The number of nitrogens with zero attached hydrogens (tertiary/aromatic N) is 1. The number of carbonyl (C=O) groups is 1. The van der Waals surface area contributed by atoms with E-state index in [1.807, 2.05) is 23.5 Å². The van der Waals surface area contributed by atoms with Gasteiger partial charge in [-0.2, -0.15) is 0 Å². The van der Waals surface area contributed by atoms with E-state index in [2.05, 4.69) is 28.6 Å². The molecule has 5 heteroatoms. The van der Waals surface area contributed by atoms with Crippen molar-refractivity contribution >= 4 is 28.8 Å². The molecule has 3 nitrogen and oxygen atoms in total. The van der Waals surface area contributed by atoms with Gasteiger partial charge in [-0.15, -0.1) is 11.3 Å². The Kier molecular flexibility index (Phi) is 4.81. The standard InChI is InChI=1S/C17H19ClN2OS/c1-12(20-8-6-16-13(11-20)7-9-22-16)10-19-17(21)14-4-2-3-5-15(14)18/h2-5,7,9,12H,6,8,10-11H2,1H3,(H,19,21). The lowest BCUT2D eigenvalue weighted by Crippen LogP contribution is -2.44. The highest BCUT2D eigenvalue weighted by molar-refractivity contribution is 7.10. The molecular weight excluding hydrogens is 316 g/mol. The van der Waals surface area contributed by atoms with Gasteiger partial charge in [0.25, 0.3) is 5.91 Å². The predicted molar refractivity (Wildman–Crippen MR) is 91.7 cm³/mol. The number of hydrogen-bond donors (Lipinski definition) is 1. The Hall–Kier alpha value is -1.36. The molecule has 0 aliphatic carbocycles. The maximum Gasteiger partial charge on any atom is 0.252 e. The molecule has 22 heavy (non-hydrogen) atoms. The molecule has 3 rings (SSSR count). The summed E-state index contributed by atoms with van der Waals surface area (Å²) in [7, 11) is 0. The van der Waals surface area contributed by atoms with Crippen LogP contribution in [0.4, 0.5) is 0 Å². The monoisotopic (exact) mass is 334 g/mol. The summed E-state index contributed by atoms with van der Waals surface area (Å²) in [5.41, 5.74) is 1.97. The van der Waals surface area contributed by atoms with Crippen molar-refractivity contribution in [2.45, 2.75) is 25.9 Å². The van der Waals surface area contributed by atoms with Gasteiger partial charge in [0.05, 0.1) is 10.6 Å². The molecule has 0 radical (unpaired) electrons. The lowest BCUT2D eigenvalue weighted by atomic mass is 10.1. The van der Waals surface area contributed by atoms with E-state index in [0.29, 0.717) is 23.2 Å². The van der Waals surface area contributed by atoms with Gasteiger partial charge in [-0.25, -0.2) is 0 Å². The van der Waals surface area contributed by atoms with Gasteiger partial charge >= 0.3 is 0 Å². The second kappa shape index (κ2) is 6.82. The Balaban J connectivity index is 1.56. The highest BCUT2D eigenvalue weighted by Gasteiger charge is 2.22. The van der Waals surface area contributed by atoms with E-state index in [1.165, 1.54) is 10.4 Å². The van der Waals surface area contributed by atoms with E-state index < -0.39 is 0 Å². The van der Waals surface area contributed by atoms with Crippen LogP contribution in [0.25, 0.3) is 0 Å².